The Morgan fingerprint density at radius 2 is 2.17 bits per heavy atom. The molecule has 2 aliphatic rings. The molecule has 1 aliphatic carbocycles. The first kappa shape index (κ1) is 14.9. The van der Waals surface area contributed by atoms with Gasteiger partial charge in [-0.2, -0.15) is 0 Å². The van der Waals surface area contributed by atoms with Crippen molar-refractivity contribution < 1.29 is 4.79 Å². The van der Waals surface area contributed by atoms with Crippen LogP contribution in [0.1, 0.15) is 58.5 Å². The summed E-state index contributed by atoms with van der Waals surface area (Å²) in [5, 5.41) is 8.50. The standard InChI is InChI=1S/C17H22N4OS/c1-12-5-8-15(23-12)17(22)21-9-3-2-4-14(21)16-19-18-11-20(16)10-13-6-7-13/h5,8,11,13-14H,2-4,6-7,9-10H2,1H3. The third-order valence-corrected chi connectivity index (χ3v) is 5.80. The highest BCUT2D eigenvalue weighted by atomic mass is 32.1. The minimum atomic E-state index is 0.0694. The number of carbonyl (C=O) groups is 1. The average Bonchev–Trinajstić information content (AvgIpc) is 3.07. The normalized spacial score (nSPS) is 21.6. The number of likely N-dealkylation sites (tertiary alicyclic amines) is 1. The molecule has 5 nitrogen and oxygen atoms in total. The number of nitrogens with zero attached hydrogens (tertiary/aromatic N) is 4. The molecule has 1 aliphatic heterocycles. The Labute approximate surface area is 140 Å². The van der Waals surface area contributed by atoms with Gasteiger partial charge in [0.25, 0.3) is 5.91 Å². The molecule has 4 rings (SSSR count). The van der Waals surface area contributed by atoms with Crippen LogP contribution < -0.4 is 0 Å². The van der Waals surface area contributed by atoms with E-state index in [1.54, 1.807) is 11.3 Å². The molecule has 3 heterocycles. The maximum Gasteiger partial charge on any atom is 0.264 e. The van der Waals surface area contributed by atoms with Crippen molar-refractivity contribution in [3.8, 4) is 0 Å². The number of aromatic nitrogens is 3. The molecule has 0 radical (unpaired) electrons. The second-order valence-electron chi connectivity index (χ2n) is 6.71. The first-order valence-corrected chi connectivity index (χ1v) is 9.29. The lowest BCUT2D eigenvalue weighted by Crippen LogP contribution is -2.39. The molecule has 1 saturated carbocycles. The predicted molar refractivity (Wildman–Crippen MR) is 89.4 cm³/mol. The van der Waals surface area contributed by atoms with E-state index in [0.29, 0.717) is 0 Å². The van der Waals surface area contributed by atoms with Crippen LogP contribution in [0.2, 0.25) is 0 Å². The van der Waals surface area contributed by atoms with Gasteiger partial charge in [0.2, 0.25) is 0 Å². The van der Waals surface area contributed by atoms with Crippen LogP contribution in [0.3, 0.4) is 0 Å². The van der Waals surface area contributed by atoms with E-state index in [1.165, 1.54) is 17.7 Å². The molecule has 6 heteroatoms. The van der Waals surface area contributed by atoms with E-state index in [2.05, 4.69) is 14.8 Å². The number of piperidine rings is 1. The van der Waals surface area contributed by atoms with Gasteiger partial charge in [-0.3, -0.25) is 4.79 Å². The van der Waals surface area contributed by atoms with E-state index in [-0.39, 0.29) is 11.9 Å². The van der Waals surface area contributed by atoms with Crippen LogP contribution in [-0.4, -0.2) is 32.1 Å². The van der Waals surface area contributed by atoms with Crippen molar-refractivity contribution in [3.63, 3.8) is 0 Å². The van der Waals surface area contributed by atoms with E-state index in [9.17, 15) is 4.79 Å². The predicted octanol–water partition coefficient (Wildman–Crippen LogP) is 3.43. The minimum absolute atomic E-state index is 0.0694. The maximum atomic E-state index is 12.9. The van der Waals surface area contributed by atoms with Gasteiger partial charge in [0.15, 0.2) is 5.82 Å². The second kappa shape index (κ2) is 6.07. The van der Waals surface area contributed by atoms with Crippen LogP contribution in [0.5, 0.6) is 0 Å². The molecular weight excluding hydrogens is 308 g/mol. The summed E-state index contributed by atoms with van der Waals surface area (Å²) < 4.78 is 2.17. The van der Waals surface area contributed by atoms with E-state index in [4.69, 9.17) is 0 Å². The van der Waals surface area contributed by atoms with Crippen molar-refractivity contribution in [3.05, 3.63) is 34.0 Å². The zero-order chi connectivity index (χ0) is 15.8. The molecule has 1 saturated heterocycles. The van der Waals surface area contributed by atoms with Crippen molar-refractivity contribution in [2.75, 3.05) is 6.54 Å². The van der Waals surface area contributed by atoms with Gasteiger partial charge in [0, 0.05) is 18.0 Å². The van der Waals surface area contributed by atoms with Crippen LogP contribution in [0.15, 0.2) is 18.5 Å². The summed E-state index contributed by atoms with van der Waals surface area (Å²) >= 11 is 1.58. The fourth-order valence-corrected chi connectivity index (χ4v) is 4.20. The highest BCUT2D eigenvalue weighted by molar-refractivity contribution is 7.13. The fraction of sp³-hybridized carbons (Fsp3) is 0.588. The highest BCUT2D eigenvalue weighted by Gasteiger charge is 2.33. The number of rotatable bonds is 4. The van der Waals surface area contributed by atoms with Gasteiger partial charge in [-0.05, 0) is 57.1 Å². The molecule has 1 atom stereocenters. The number of hydrogen-bond donors (Lipinski definition) is 0. The van der Waals surface area contributed by atoms with E-state index in [1.807, 2.05) is 30.3 Å². The second-order valence-corrected chi connectivity index (χ2v) is 7.99. The van der Waals surface area contributed by atoms with Crippen LogP contribution in [0.4, 0.5) is 0 Å². The molecule has 1 unspecified atom stereocenters. The number of hydrogen-bond acceptors (Lipinski definition) is 4. The summed E-state index contributed by atoms with van der Waals surface area (Å²) in [5.41, 5.74) is 0. The number of amides is 1. The SMILES string of the molecule is Cc1ccc(C(=O)N2CCCCC2c2nncn2CC2CC2)s1. The van der Waals surface area contributed by atoms with Gasteiger partial charge in [-0.25, -0.2) is 0 Å². The summed E-state index contributed by atoms with van der Waals surface area (Å²) in [7, 11) is 0. The van der Waals surface area contributed by atoms with Gasteiger partial charge < -0.3 is 9.47 Å². The minimum Gasteiger partial charge on any atom is -0.328 e. The lowest BCUT2D eigenvalue weighted by molar-refractivity contribution is 0.0599. The summed E-state index contributed by atoms with van der Waals surface area (Å²) in [6.07, 6.45) is 7.65. The van der Waals surface area contributed by atoms with Gasteiger partial charge in [-0.1, -0.05) is 0 Å². The quantitative estimate of drug-likeness (QED) is 0.863. The summed E-state index contributed by atoms with van der Waals surface area (Å²) in [6.45, 7) is 3.86. The van der Waals surface area contributed by atoms with Gasteiger partial charge in [0.1, 0.15) is 6.33 Å². The molecule has 2 fully saturated rings. The molecule has 23 heavy (non-hydrogen) atoms. The van der Waals surface area contributed by atoms with Gasteiger partial charge >= 0.3 is 0 Å². The van der Waals surface area contributed by atoms with Crippen LogP contribution >= 0.6 is 11.3 Å². The van der Waals surface area contributed by atoms with Crippen molar-refractivity contribution in [1.29, 1.82) is 0 Å². The van der Waals surface area contributed by atoms with Gasteiger partial charge in [-0.15, -0.1) is 21.5 Å². The van der Waals surface area contributed by atoms with Crippen LogP contribution in [-0.2, 0) is 6.54 Å². The first-order valence-electron chi connectivity index (χ1n) is 8.47. The maximum absolute atomic E-state index is 12.9. The first-order chi connectivity index (χ1) is 11.2. The smallest absolute Gasteiger partial charge is 0.264 e. The van der Waals surface area contributed by atoms with E-state index >= 15 is 0 Å². The Morgan fingerprint density at radius 3 is 2.91 bits per heavy atom. The zero-order valence-corrected chi connectivity index (χ0v) is 14.3. The average molecular weight is 330 g/mol. The Bertz CT molecular complexity index is 703. The van der Waals surface area contributed by atoms with Crippen molar-refractivity contribution in [1.82, 2.24) is 19.7 Å². The summed E-state index contributed by atoms with van der Waals surface area (Å²) in [6, 6.07) is 4.04. The number of thiophene rings is 1. The molecule has 1 amide bonds. The third-order valence-electron chi connectivity index (χ3n) is 4.81. The monoisotopic (exact) mass is 330 g/mol. The molecule has 0 N–H and O–H groups in total. The van der Waals surface area contributed by atoms with Crippen LogP contribution in [0, 0.1) is 12.8 Å². The molecular formula is C17H22N4OS. The molecule has 0 bridgehead atoms. The van der Waals surface area contributed by atoms with E-state index in [0.717, 1.165) is 49.0 Å². The van der Waals surface area contributed by atoms with Gasteiger partial charge in [0.05, 0.1) is 10.9 Å². The Morgan fingerprint density at radius 1 is 1.30 bits per heavy atom. The summed E-state index contributed by atoms with van der Waals surface area (Å²) in [5.74, 6) is 1.89. The number of carbonyl (C=O) groups excluding carboxylic acids is 1. The van der Waals surface area contributed by atoms with Crippen molar-refractivity contribution in [2.24, 2.45) is 5.92 Å². The third kappa shape index (κ3) is 3.04. The number of aryl methyl sites for hydroxylation is 1. The Kier molecular flexibility index (Phi) is 3.93. The fourth-order valence-electron chi connectivity index (χ4n) is 3.38. The Hall–Kier alpha value is -1.69. The summed E-state index contributed by atoms with van der Waals surface area (Å²) in [4.78, 5) is 17.0. The lowest BCUT2D eigenvalue weighted by Gasteiger charge is -2.35. The van der Waals surface area contributed by atoms with Crippen molar-refractivity contribution in [2.45, 2.75) is 51.6 Å². The largest absolute Gasteiger partial charge is 0.328 e. The lowest BCUT2D eigenvalue weighted by atomic mass is 10.0. The van der Waals surface area contributed by atoms with Crippen molar-refractivity contribution >= 4 is 17.2 Å². The van der Waals surface area contributed by atoms with Crippen LogP contribution in [0.25, 0.3) is 0 Å². The molecule has 2 aromatic rings. The van der Waals surface area contributed by atoms with E-state index < -0.39 is 0 Å². The topological polar surface area (TPSA) is 51.0 Å². The molecule has 0 spiro atoms. The Balaban J connectivity index is 1.60. The zero-order valence-electron chi connectivity index (χ0n) is 13.4. The molecule has 2 aromatic heterocycles. The molecule has 0 aromatic carbocycles. The molecule has 122 valence electrons. The highest BCUT2D eigenvalue weighted by Crippen LogP contribution is 2.35.